The largest absolute Gasteiger partial charge is 0.431 e. The number of nitrogens with one attached hydrogen (secondary N) is 1. The topological polar surface area (TPSA) is 41.6 Å². The molecule has 32 heavy (non-hydrogen) atoms. The van der Waals surface area contributed by atoms with Crippen LogP contribution >= 0.6 is 0 Å². The Labute approximate surface area is 188 Å². The molecule has 3 aromatic carbocycles. The number of nitrogens with zero attached hydrogens (tertiary/aromatic N) is 1. The molecule has 4 aliphatic rings. The zero-order valence-corrected chi connectivity index (χ0v) is 18.0. The Bertz CT molecular complexity index is 1220. The summed E-state index contributed by atoms with van der Waals surface area (Å²) in [5, 5.41) is 3.98. The summed E-state index contributed by atoms with van der Waals surface area (Å²) in [5.74, 6) is 0.526. The number of esters is 1. The minimum Gasteiger partial charge on any atom is -0.431 e. The van der Waals surface area contributed by atoms with Crippen LogP contribution in [-0.4, -0.2) is 11.6 Å². The number of hydrogen-bond donors (Lipinski definition) is 1. The van der Waals surface area contributed by atoms with Crippen molar-refractivity contribution in [2.75, 3.05) is 10.2 Å². The van der Waals surface area contributed by atoms with Crippen molar-refractivity contribution < 1.29 is 9.53 Å². The number of carbonyl (C=O) groups is 1. The lowest BCUT2D eigenvalue weighted by atomic mass is 9.62. The van der Waals surface area contributed by atoms with Crippen LogP contribution in [0.2, 0.25) is 0 Å². The maximum absolute atomic E-state index is 13.2. The van der Waals surface area contributed by atoms with Crippen molar-refractivity contribution in [1.29, 1.82) is 0 Å². The normalized spacial score (nSPS) is 31.9. The molecule has 4 atom stereocenters. The lowest BCUT2D eigenvalue weighted by Crippen LogP contribution is -2.69. The molecule has 3 aromatic rings. The second kappa shape index (κ2) is 6.38. The third kappa shape index (κ3) is 2.20. The van der Waals surface area contributed by atoms with E-state index >= 15 is 0 Å². The van der Waals surface area contributed by atoms with Gasteiger partial charge in [-0.3, -0.25) is 0 Å². The van der Waals surface area contributed by atoms with Gasteiger partial charge in [-0.1, -0.05) is 67.1 Å². The molecule has 3 aliphatic heterocycles. The van der Waals surface area contributed by atoms with Gasteiger partial charge in [0.05, 0.1) is 16.9 Å². The van der Waals surface area contributed by atoms with Crippen LogP contribution in [0.1, 0.15) is 59.5 Å². The lowest BCUT2D eigenvalue weighted by molar-refractivity contribution is -0.0663. The highest BCUT2D eigenvalue weighted by atomic mass is 16.6. The average molecular weight is 423 g/mol. The van der Waals surface area contributed by atoms with Gasteiger partial charge < -0.3 is 15.0 Å². The molecule has 4 heteroatoms. The van der Waals surface area contributed by atoms with Crippen LogP contribution in [0.4, 0.5) is 11.4 Å². The number of piperidine rings is 1. The number of carbonyl (C=O) groups excluding carboxylic acids is 1. The molecule has 2 spiro atoms. The van der Waals surface area contributed by atoms with Gasteiger partial charge in [0.15, 0.2) is 0 Å². The summed E-state index contributed by atoms with van der Waals surface area (Å²) in [5.41, 5.74) is 4.28. The third-order valence-corrected chi connectivity index (χ3v) is 8.23. The van der Waals surface area contributed by atoms with Gasteiger partial charge in [0.25, 0.3) is 0 Å². The zero-order valence-electron chi connectivity index (χ0n) is 18.0. The van der Waals surface area contributed by atoms with Crippen LogP contribution in [0.5, 0.6) is 0 Å². The lowest BCUT2D eigenvalue weighted by Gasteiger charge is -2.61. The minimum absolute atomic E-state index is 0.207. The maximum atomic E-state index is 13.2. The molecule has 0 aromatic heterocycles. The summed E-state index contributed by atoms with van der Waals surface area (Å²) in [7, 11) is 0. The Morgan fingerprint density at radius 3 is 2.59 bits per heavy atom. The van der Waals surface area contributed by atoms with Gasteiger partial charge in [0.1, 0.15) is 5.66 Å². The zero-order chi connectivity index (χ0) is 21.3. The van der Waals surface area contributed by atoms with Crippen molar-refractivity contribution >= 4 is 17.3 Å². The van der Waals surface area contributed by atoms with Gasteiger partial charge in [-0.05, 0) is 48.9 Å². The third-order valence-electron chi connectivity index (χ3n) is 8.23. The van der Waals surface area contributed by atoms with Crippen molar-refractivity contribution in [2.24, 2.45) is 5.92 Å². The molecule has 7 rings (SSSR count). The number of hydrogen-bond acceptors (Lipinski definition) is 4. The second-order valence-corrected chi connectivity index (χ2v) is 9.69. The van der Waals surface area contributed by atoms with Crippen LogP contribution in [0, 0.1) is 5.92 Å². The fourth-order valence-electron chi connectivity index (χ4n) is 7.11. The Morgan fingerprint density at radius 2 is 1.69 bits per heavy atom. The average Bonchev–Trinajstić information content (AvgIpc) is 3.32. The standard InChI is InChI=1S/C28H26N2O2/c31-26-20-12-4-5-14-23(20)28(32-26)18-21(19-10-2-1-3-11-19)22-13-8-9-17-27(22)29-24-15-6-7-16-25(24)30(27)28/h1-7,10-12,14-16,21-22,29H,8-9,13,17-18H2/t21-,22-,27+,28+/m1/s1. The van der Waals surface area contributed by atoms with E-state index in [9.17, 15) is 4.79 Å². The van der Waals surface area contributed by atoms with Crippen LogP contribution < -0.4 is 10.2 Å². The van der Waals surface area contributed by atoms with E-state index in [1.807, 2.05) is 18.2 Å². The molecule has 1 saturated heterocycles. The molecule has 160 valence electrons. The van der Waals surface area contributed by atoms with Gasteiger partial charge >= 0.3 is 5.97 Å². The summed E-state index contributed by atoms with van der Waals surface area (Å²) in [6, 6.07) is 27.4. The van der Waals surface area contributed by atoms with E-state index in [0.29, 0.717) is 17.4 Å². The van der Waals surface area contributed by atoms with Crippen LogP contribution in [0.15, 0.2) is 78.9 Å². The number of benzene rings is 3. The molecule has 1 saturated carbocycles. The van der Waals surface area contributed by atoms with E-state index in [-0.39, 0.29) is 11.6 Å². The van der Waals surface area contributed by atoms with Gasteiger partial charge in [0.2, 0.25) is 5.72 Å². The highest BCUT2D eigenvalue weighted by Gasteiger charge is 2.67. The number of ether oxygens (including phenoxy) is 1. The van der Waals surface area contributed by atoms with Gasteiger partial charge in [-0.2, -0.15) is 0 Å². The Morgan fingerprint density at radius 1 is 0.906 bits per heavy atom. The van der Waals surface area contributed by atoms with Crippen molar-refractivity contribution in [1.82, 2.24) is 0 Å². The summed E-state index contributed by atoms with van der Waals surface area (Å²) < 4.78 is 6.47. The molecule has 0 bridgehead atoms. The first-order valence-electron chi connectivity index (χ1n) is 11.8. The summed E-state index contributed by atoms with van der Waals surface area (Å²) in [6.07, 6.45) is 5.38. The molecule has 1 N–H and O–H groups in total. The summed E-state index contributed by atoms with van der Waals surface area (Å²) in [4.78, 5) is 15.6. The van der Waals surface area contributed by atoms with Crippen molar-refractivity contribution in [2.45, 2.75) is 49.4 Å². The number of rotatable bonds is 1. The van der Waals surface area contributed by atoms with Gasteiger partial charge in [0, 0.05) is 17.9 Å². The monoisotopic (exact) mass is 422 g/mol. The molecular weight excluding hydrogens is 396 g/mol. The van der Waals surface area contributed by atoms with E-state index in [0.717, 1.165) is 29.8 Å². The first kappa shape index (κ1) is 18.3. The quantitative estimate of drug-likeness (QED) is 0.487. The van der Waals surface area contributed by atoms with Crippen LogP contribution in [-0.2, 0) is 10.5 Å². The Hall–Kier alpha value is -3.27. The molecule has 2 fully saturated rings. The van der Waals surface area contributed by atoms with E-state index in [1.165, 1.54) is 24.8 Å². The highest BCUT2D eigenvalue weighted by Crippen LogP contribution is 2.65. The van der Waals surface area contributed by atoms with Crippen LogP contribution in [0.3, 0.4) is 0 Å². The van der Waals surface area contributed by atoms with E-state index in [4.69, 9.17) is 4.74 Å². The predicted octanol–water partition coefficient (Wildman–Crippen LogP) is 6.02. The van der Waals surface area contributed by atoms with Crippen molar-refractivity contribution in [3.05, 3.63) is 95.6 Å². The fourth-order valence-corrected chi connectivity index (χ4v) is 7.11. The Balaban J connectivity index is 1.52. The molecular formula is C28H26N2O2. The van der Waals surface area contributed by atoms with E-state index in [1.54, 1.807) is 0 Å². The molecule has 4 nitrogen and oxygen atoms in total. The molecule has 0 radical (unpaired) electrons. The smallest absolute Gasteiger partial charge is 0.341 e. The maximum Gasteiger partial charge on any atom is 0.341 e. The number of anilines is 2. The van der Waals surface area contributed by atoms with E-state index in [2.05, 4.69) is 70.9 Å². The Kier molecular flexibility index (Phi) is 3.65. The van der Waals surface area contributed by atoms with Crippen LogP contribution in [0.25, 0.3) is 0 Å². The van der Waals surface area contributed by atoms with Gasteiger partial charge in [-0.25, -0.2) is 4.79 Å². The fraction of sp³-hybridized carbons (Fsp3) is 0.321. The van der Waals surface area contributed by atoms with Crippen molar-refractivity contribution in [3.63, 3.8) is 0 Å². The molecule has 0 amide bonds. The van der Waals surface area contributed by atoms with E-state index < -0.39 is 5.72 Å². The number of fused-ring (bicyclic) bond motifs is 5. The minimum atomic E-state index is -0.804. The summed E-state index contributed by atoms with van der Waals surface area (Å²) >= 11 is 0. The highest BCUT2D eigenvalue weighted by molar-refractivity contribution is 5.96. The van der Waals surface area contributed by atoms with Gasteiger partial charge in [-0.15, -0.1) is 0 Å². The second-order valence-electron chi connectivity index (χ2n) is 9.69. The number of para-hydroxylation sites is 2. The predicted molar refractivity (Wildman–Crippen MR) is 125 cm³/mol. The molecule has 3 heterocycles. The SMILES string of the molecule is O=C1O[C@@]2(C[C@H](c3ccccc3)[C@H]3CCCC[C@@]34Nc3ccccc3N24)c2ccccc21. The molecule has 0 unspecified atom stereocenters. The van der Waals surface area contributed by atoms with Crippen molar-refractivity contribution in [3.8, 4) is 0 Å². The summed E-state index contributed by atoms with van der Waals surface area (Å²) in [6.45, 7) is 0. The first-order valence-corrected chi connectivity index (χ1v) is 11.8. The first-order chi connectivity index (χ1) is 15.7. The molecule has 1 aliphatic carbocycles.